The van der Waals surface area contributed by atoms with Crippen LogP contribution in [0.1, 0.15) is 32.1 Å². The number of carbonyl (C=O) groups is 1. The summed E-state index contributed by atoms with van der Waals surface area (Å²) >= 11 is 5.47. The van der Waals surface area contributed by atoms with Gasteiger partial charge in [0.25, 0.3) is 5.91 Å². The number of halogens is 1. The fourth-order valence-electron chi connectivity index (χ4n) is 2.44. The summed E-state index contributed by atoms with van der Waals surface area (Å²) < 4.78 is 0. The van der Waals surface area contributed by atoms with Gasteiger partial charge in [-0.15, -0.1) is 0 Å². The molecule has 0 atom stereocenters. The molecule has 2 saturated carbocycles. The first-order chi connectivity index (χ1) is 6.11. The Bertz CT molecular complexity index is 250. The van der Waals surface area contributed by atoms with E-state index in [1.807, 2.05) is 0 Å². The molecule has 0 aromatic heterocycles. The zero-order valence-corrected chi connectivity index (χ0v) is 8.36. The number of amides is 1. The summed E-state index contributed by atoms with van der Waals surface area (Å²) in [6.45, 7) is 3.39. The molecule has 1 amide bonds. The Hall–Kier alpha value is -0.500. The molecule has 1 spiro atoms. The largest absolute Gasteiger partial charge is 0.349 e. The molecular weight excluding hydrogens is 186 g/mol. The maximum Gasteiger partial charge on any atom is 0.262 e. The van der Waals surface area contributed by atoms with Gasteiger partial charge in [0.1, 0.15) is 0 Å². The van der Waals surface area contributed by atoms with Crippen molar-refractivity contribution in [3.8, 4) is 0 Å². The smallest absolute Gasteiger partial charge is 0.262 e. The molecule has 0 unspecified atom stereocenters. The van der Waals surface area contributed by atoms with Crippen LogP contribution in [0.4, 0.5) is 0 Å². The first-order valence-electron chi connectivity index (χ1n) is 4.77. The van der Waals surface area contributed by atoms with Gasteiger partial charge in [-0.25, -0.2) is 0 Å². The van der Waals surface area contributed by atoms with Crippen LogP contribution >= 0.6 is 11.6 Å². The van der Waals surface area contributed by atoms with Crippen molar-refractivity contribution in [1.82, 2.24) is 5.32 Å². The molecule has 0 aromatic carbocycles. The molecule has 2 fully saturated rings. The molecule has 13 heavy (non-hydrogen) atoms. The maximum atomic E-state index is 11.1. The Morgan fingerprint density at radius 3 is 2.46 bits per heavy atom. The molecule has 2 nitrogen and oxygen atoms in total. The highest BCUT2D eigenvalue weighted by molar-refractivity contribution is 6.41. The highest BCUT2D eigenvalue weighted by atomic mass is 35.5. The fraction of sp³-hybridized carbons (Fsp3) is 0.700. The van der Waals surface area contributed by atoms with Crippen LogP contribution in [-0.2, 0) is 4.79 Å². The quantitative estimate of drug-likeness (QED) is 0.679. The van der Waals surface area contributed by atoms with Crippen LogP contribution in [0.3, 0.4) is 0 Å². The van der Waals surface area contributed by atoms with Gasteiger partial charge in [-0.3, -0.25) is 4.79 Å². The van der Waals surface area contributed by atoms with E-state index in [2.05, 4.69) is 11.9 Å². The minimum absolute atomic E-state index is 0.0922. The van der Waals surface area contributed by atoms with Crippen LogP contribution < -0.4 is 5.32 Å². The number of carbonyl (C=O) groups excluding carboxylic acids is 1. The van der Waals surface area contributed by atoms with E-state index in [1.165, 1.54) is 19.3 Å². The second kappa shape index (κ2) is 3.02. The first kappa shape index (κ1) is 9.07. The van der Waals surface area contributed by atoms with Crippen molar-refractivity contribution in [3.63, 3.8) is 0 Å². The van der Waals surface area contributed by atoms with E-state index in [0.29, 0.717) is 11.5 Å². The molecule has 2 aliphatic rings. The van der Waals surface area contributed by atoms with Gasteiger partial charge in [-0.1, -0.05) is 24.6 Å². The Morgan fingerprint density at radius 1 is 1.46 bits per heavy atom. The molecule has 72 valence electrons. The third-order valence-corrected chi connectivity index (χ3v) is 3.53. The second-order valence-corrected chi connectivity index (χ2v) is 4.79. The van der Waals surface area contributed by atoms with Crippen molar-refractivity contribution < 1.29 is 4.79 Å². The van der Waals surface area contributed by atoms with Gasteiger partial charge in [0.15, 0.2) is 0 Å². The predicted octanol–water partition coefficient (Wildman–Crippen LogP) is 2.19. The van der Waals surface area contributed by atoms with Gasteiger partial charge >= 0.3 is 0 Å². The molecule has 2 rings (SSSR count). The van der Waals surface area contributed by atoms with Crippen molar-refractivity contribution in [1.29, 1.82) is 0 Å². The van der Waals surface area contributed by atoms with E-state index < -0.39 is 0 Å². The Morgan fingerprint density at radius 2 is 2.08 bits per heavy atom. The van der Waals surface area contributed by atoms with Crippen molar-refractivity contribution in [2.75, 3.05) is 0 Å². The predicted molar refractivity (Wildman–Crippen MR) is 52.4 cm³/mol. The number of rotatable bonds is 2. The van der Waals surface area contributed by atoms with Crippen LogP contribution in [0.5, 0.6) is 0 Å². The van der Waals surface area contributed by atoms with E-state index in [-0.39, 0.29) is 10.9 Å². The number of hydrogen-bond acceptors (Lipinski definition) is 1. The van der Waals surface area contributed by atoms with E-state index >= 15 is 0 Å². The van der Waals surface area contributed by atoms with Crippen molar-refractivity contribution in [3.05, 3.63) is 11.6 Å². The van der Waals surface area contributed by atoms with Gasteiger partial charge in [-0.2, -0.15) is 0 Å². The average molecular weight is 200 g/mol. The van der Waals surface area contributed by atoms with Crippen LogP contribution in [0, 0.1) is 5.41 Å². The standard InChI is InChI=1S/C10H14ClNO/c1-7(11)9(13)12-8-5-10(6-8)3-2-4-10/h8H,1-6H2,(H,12,13). The van der Waals surface area contributed by atoms with Crippen LogP contribution in [0.25, 0.3) is 0 Å². The van der Waals surface area contributed by atoms with E-state index in [1.54, 1.807) is 0 Å². The first-order valence-corrected chi connectivity index (χ1v) is 5.14. The fourth-order valence-corrected chi connectivity index (χ4v) is 2.49. The van der Waals surface area contributed by atoms with Gasteiger partial charge in [-0.05, 0) is 31.1 Å². The van der Waals surface area contributed by atoms with E-state index in [9.17, 15) is 4.79 Å². The van der Waals surface area contributed by atoms with Gasteiger partial charge < -0.3 is 5.32 Å². The van der Waals surface area contributed by atoms with E-state index in [0.717, 1.165) is 12.8 Å². The summed E-state index contributed by atoms with van der Waals surface area (Å²) in [4.78, 5) is 11.1. The SMILES string of the molecule is C=C(Cl)C(=O)NC1CC2(CCC2)C1. The van der Waals surface area contributed by atoms with Crippen molar-refractivity contribution in [2.24, 2.45) is 5.41 Å². The molecule has 0 saturated heterocycles. The normalized spacial score (nSPS) is 24.7. The minimum atomic E-state index is -0.208. The van der Waals surface area contributed by atoms with Crippen LogP contribution in [0.15, 0.2) is 11.6 Å². The third-order valence-electron chi connectivity index (χ3n) is 3.35. The molecule has 1 N–H and O–H groups in total. The summed E-state index contributed by atoms with van der Waals surface area (Å²) in [5, 5.41) is 2.96. The maximum absolute atomic E-state index is 11.1. The van der Waals surface area contributed by atoms with Crippen molar-refractivity contribution in [2.45, 2.75) is 38.1 Å². The zero-order valence-electron chi connectivity index (χ0n) is 7.61. The molecule has 0 aromatic rings. The average Bonchev–Trinajstić information content (AvgIpc) is 1.90. The van der Waals surface area contributed by atoms with Crippen LogP contribution in [0.2, 0.25) is 0 Å². The van der Waals surface area contributed by atoms with Gasteiger partial charge in [0, 0.05) is 6.04 Å². The Balaban J connectivity index is 1.75. The lowest BCUT2D eigenvalue weighted by atomic mass is 9.54. The summed E-state index contributed by atoms with van der Waals surface area (Å²) in [7, 11) is 0. The molecular formula is C10H14ClNO. The lowest BCUT2D eigenvalue weighted by Gasteiger charge is -2.54. The molecule has 0 bridgehead atoms. The second-order valence-electron chi connectivity index (χ2n) is 4.34. The van der Waals surface area contributed by atoms with Crippen LogP contribution in [-0.4, -0.2) is 11.9 Å². The number of hydrogen-bond donors (Lipinski definition) is 1. The molecule has 3 heteroatoms. The molecule has 2 aliphatic carbocycles. The summed E-state index contributed by atoms with van der Waals surface area (Å²) in [5.74, 6) is -0.208. The minimum Gasteiger partial charge on any atom is -0.349 e. The lowest BCUT2D eigenvalue weighted by molar-refractivity contribution is -0.120. The third kappa shape index (κ3) is 1.60. The molecule has 0 heterocycles. The molecule has 0 aliphatic heterocycles. The lowest BCUT2D eigenvalue weighted by Crippen LogP contribution is -2.53. The number of nitrogens with one attached hydrogen (secondary N) is 1. The van der Waals surface area contributed by atoms with E-state index in [4.69, 9.17) is 11.6 Å². The Labute approximate surface area is 83.3 Å². The summed E-state index contributed by atoms with van der Waals surface area (Å²) in [6.07, 6.45) is 6.34. The topological polar surface area (TPSA) is 29.1 Å². The Kier molecular flexibility index (Phi) is 2.11. The monoisotopic (exact) mass is 199 g/mol. The summed E-state index contributed by atoms with van der Waals surface area (Å²) in [5.41, 5.74) is 0.603. The highest BCUT2D eigenvalue weighted by Gasteiger charge is 2.48. The summed E-state index contributed by atoms with van der Waals surface area (Å²) in [6, 6.07) is 0.350. The highest BCUT2D eigenvalue weighted by Crippen LogP contribution is 2.55. The zero-order chi connectivity index (χ0) is 9.47. The molecule has 0 radical (unpaired) electrons. The van der Waals surface area contributed by atoms with Gasteiger partial charge in [0.2, 0.25) is 0 Å². The van der Waals surface area contributed by atoms with Gasteiger partial charge in [0.05, 0.1) is 5.03 Å². The van der Waals surface area contributed by atoms with Crippen molar-refractivity contribution >= 4 is 17.5 Å².